The molecule has 1 heterocycles. The van der Waals surface area contributed by atoms with Gasteiger partial charge in [0.2, 0.25) is 6.41 Å². The number of aliphatic carboxylic acids is 1. The Morgan fingerprint density at radius 1 is 1.05 bits per heavy atom. The highest BCUT2D eigenvalue weighted by Crippen LogP contribution is 2.37. The lowest BCUT2D eigenvalue weighted by Crippen LogP contribution is -2.14. The quantitative estimate of drug-likeness (QED) is 0.149. The van der Waals surface area contributed by atoms with Gasteiger partial charge in [-0.3, -0.25) is 9.59 Å². The molecule has 0 bridgehead atoms. The molecule has 2 atom stereocenters. The van der Waals surface area contributed by atoms with Crippen molar-refractivity contribution in [2.24, 2.45) is 5.73 Å². The van der Waals surface area contributed by atoms with E-state index in [1.807, 2.05) is 27.7 Å². The van der Waals surface area contributed by atoms with Crippen molar-refractivity contribution in [1.29, 1.82) is 0 Å². The number of hydrogen-bond acceptors (Lipinski definition) is 5. The molecule has 0 aliphatic heterocycles. The van der Waals surface area contributed by atoms with Crippen molar-refractivity contribution in [2.45, 2.75) is 65.6 Å². The number of carbonyl (C=O) groups is 2. The number of ether oxygens (including phenoxy) is 2. The van der Waals surface area contributed by atoms with Gasteiger partial charge in [0.1, 0.15) is 17.6 Å². The molecule has 41 heavy (non-hydrogen) atoms. The average molecular weight is 624 g/mol. The van der Waals surface area contributed by atoms with Crippen LogP contribution in [-0.4, -0.2) is 29.5 Å². The van der Waals surface area contributed by atoms with E-state index in [2.05, 4.69) is 10.5 Å². The number of carbonyl (C=O) groups excluding carboxylic acids is 1. The first kappa shape index (κ1) is 37.8. The number of halogens is 5. The molecule has 0 fully saturated rings. The van der Waals surface area contributed by atoms with Gasteiger partial charge in [0.05, 0.1) is 0 Å². The molecule has 0 radical (unpaired) electrons. The summed E-state index contributed by atoms with van der Waals surface area (Å²) in [4.78, 5) is 18.3. The van der Waals surface area contributed by atoms with E-state index in [-0.39, 0.29) is 18.6 Å². The fourth-order valence-electron chi connectivity index (χ4n) is 3.49. The smallest absolute Gasteiger partial charge is 0.408 e. The van der Waals surface area contributed by atoms with Gasteiger partial charge in [0.25, 0.3) is 5.97 Å². The number of amides is 1. The van der Waals surface area contributed by atoms with Gasteiger partial charge >= 0.3 is 12.0 Å². The molecule has 3 aromatic rings. The summed E-state index contributed by atoms with van der Waals surface area (Å²) in [5, 5.41) is 9.22. The summed E-state index contributed by atoms with van der Waals surface area (Å²) in [6, 6.07) is 13.4. The summed E-state index contributed by atoms with van der Waals surface area (Å²) < 4.78 is 74.8. The first-order valence-corrected chi connectivity index (χ1v) is 13.7. The molecule has 6 nitrogen and oxygen atoms in total. The topological polar surface area (TPSA) is 98.8 Å². The predicted octanol–water partition coefficient (Wildman–Crippen LogP) is 8.52. The monoisotopic (exact) mass is 623 g/mol. The maximum absolute atomic E-state index is 13.0. The van der Waals surface area contributed by atoms with E-state index in [1.165, 1.54) is 32.7 Å². The van der Waals surface area contributed by atoms with Gasteiger partial charge in [-0.2, -0.15) is 22.0 Å². The number of nitrogens with two attached hydrogens (primary N) is 1. The molecular weight excluding hydrogens is 588 g/mol. The maximum Gasteiger partial charge on any atom is 0.408 e. The minimum absolute atomic E-state index is 0.0347. The summed E-state index contributed by atoms with van der Waals surface area (Å²) in [6.45, 7) is 8.82. The third-order valence-electron chi connectivity index (χ3n) is 4.73. The van der Waals surface area contributed by atoms with Gasteiger partial charge in [-0.05, 0) is 87.5 Å². The van der Waals surface area contributed by atoms with Crippen LogP contribution in [0.2, 0.25) is 0 Å². The predicted molar refractivity (Wildman–Crippen MR) is 155 cm³/mol. The van der Waals surface area contributed by atoms with E-state index in [0.717, 1.165) is 34.1 Å². The highest BCUT2D eigenvalue weighted by molar-refractivity contribution is 7.17. The molecule has 13 heteroatoms. The zero-order chi connectivity index (χ0) is 31.8. The van der Waals surface area contributed by atoms with Gasteiger partial charge in [0, 0.05) is 18.2 Å². The van der Waals surface area contributed by atoms with Crippen molar-refractivity contribution in [1.82, 2.24) is 0 Å². The third-order valence-corrected chi connectivity index (χ3v) is 5.81. The molecule has 0 spiro atoms. The Hall–Kier alpha value is -3.24. The first-order chi connectivity index (χ1) is 19.1. The first-order valence-electron chi connectivity index (χ1n) is 12.3. The molecule has 1 aromatic heterocycles. The fraction of sp³-hybridized carbons (Fsp3) is 0.357. The second-order valence-electron chi connectivity index (χ2n) is 8.05. The molecule has 0 aliphatic rings. The maximum atomic E-state index is 13.0. The van der Waals surface area contributed by atoms with Crippen molar-refractivity contribution >= 4 is 33.0 Å². The number of carboxylic acids is 1. The number of hydrogen-bond donors (Lipinski definition) is 2. The minimum Gasteiger partial charge on any atom is -0.485 e. The number of carboxylic acid groups (broad SMARTS) is 1. The zero-order valence-corrected chi connectivity index (χ0v) is 25.3. The Bertz CT molecular complexity index is 1160. The van der Waals surface area contributed by atoms with E-state index >= 15 is 0 Å². The summed E-state index contributed by atoms with van der Waals surface area (Å²) in [5.74, 6) is -3.67. The van der Waals surface area contributed by atoms with E-state index in [1.54, 1.807) is 41.8 Å². The molecule has 2 aromatic carbocycles. The Labute approximate surface area is 242 Å². The minimum atomic E-state index is -4.26. The molecule has 3 N–H and O–H groups in total. The molecule has 0 saturated heterocycles. The lowest BCUT2D eigenvalue weighted by atomic mass is 9.95. The van der Waals surface area contributed by atoms with Crippen LogP contribution in [-0.2, 0) is 9.59 Å². The Balaban J connectivity index is 0.00000157. The molecule has 1 amide bonds. The normalized spacial score (nSPS) is 11.3. The number of thiophene rings is 1. The fourth-order valence-corrected chi connectivity index (χ4v) is 4.41. The van der Waals surface area contributed by atoms with Crippen LogP contribution in [0.25, 0.3) is 11.1 Å². The molecule has 228 valence electrons. The summed E-state index contributed by atoms with van der Waals surface area (Å²) >= 11 is 1.36. The second-order valence-corrected chi connectivity index (χ2v) is 9.70. The van der Waals surface area contributed by atoms with Crippen molar-refractivity contribution < 1.29 is 46.1 Å². The van der Waals surface area contributed by atoms with Gasteiger partial charge in [-0.1, -0.05) is 32.0 Å². The number of rotatable bonds is 8. The van der Waals surface area contributed by atoms with Crippen molar-refractivity contribution in [3.8, 4) is 22.6 Å². The zero-order valence-electron chi connectivity index (χ0n) is 23.3. The van der Waals surface area contributed by atoms with Crippen molar-refractivity contribution in [2.75, 3.05) is 0 Å². The molecule has 0 aliphatic carbocycles. The van der Waals surface area contributed by atoms with Crippen LogP contribution in [0.4, 0.5) is 22.0 Å². The van der Waals surface area contributed by atoms with Crippen LogP contribution in [0.3, 0.4) is 0 Å². The second kappa shape index (κ2) is 18.2. The standard InChI is InChI=1S/C23H22F5O2PS.C2H4O2.C2H6.CH3NO/c1-14-12-18(29-19(9-10-22(24,25)26)20-4-3-11-32-20)13-15(2)21(14)16-5-7-17(8-6-16)30-23(27,28)31;1-2(3)4;1-2;2-1-3/h3-8,11-13,19H,9-10,31H2,1-2H3;1H3,(H,3,4);1-2H3;1H,(H2,2,3). The van der Waals surface area contributed by atoms with Crippen LogP contribution in [0, 0.1) is 13.8 Å². The largest absolute Gasteiger partial charge is 0.485 e. The lowest BCUT2D eigenvalue weighted by Gasteiger charge is -2.21. The Morgan fingerprint density at radius 2 is 1.54 bits per heavy atom. The summed E-state index contributed by atoms with van der Waals surface area (Å²) in [7, 11) is 1.32. The third kappa shape index (κ3) is 16.0. The summed E-state index contributed by atoms with van der Waals surface area (Å²) in [6.07, 6.45) is -5.82. The van der Waals surface area contributed by atoms with Crippen molar-refractivity contribution in [3.63, 3.8) is 0 Å². The SMILES string of the molecule is CC.CC(=O)O.Cc1cc(OC(CCC(F)(F)F)c2cccs2)cc(C)c1-c1ccc(OC(F)(F)P)cc1.NC=O. The average Bonchev–Trinajstić information content (AvgIpc) is 3.37. The van der Waals surface area contributed by atoms with Gasteiger partial charge < -0.3 is 20.3 Å². The lowest BCUT2D eigenvalue weighted by molar-refractivity contribution is -0.139. The molecule has 3 rings (SSSR count). The Kier molecular flexibility index (Phi) is 16.8. The van der Waals surface area contributed by atoms with Crippen LogP contribution in [0.1, 0.15) is 55.7 Å². The molecular formula is C28H35F5NO5PS. The number of aryl methyl sites for hydroxylation is 2. The highest BCUT2D eigenvalue weighted by Gasteiger charge is 2.30. The molecule has 0 saturated carbocycles. The van der Waals surface area contributed by atoms with Crippen LogP contribution in [0.5, 0.6) is 11.5 Å². The van der Waals surface area contributed by atoms with E-state index in [4.69, 9.17) is 19.4 Å². The van der Waals surface area contributed by atoms with E-state index in [9.17, 15) is 22.0 Å². The summed E-state index contributed by atoms with van der Waals surface area (Å²) in [5.41, 5.74) is 7.57. The van der Waals surface area contributed by atoms with Crippen LogP contribution in [0.15, 0.2) is 53.9 Å². The number of alkyl halides is 5. The number of benzene rings is 2. The number of primary amides is 1. The molecule has 2 unspecified atom stereocenters. The van der Waals surface area contributed by atoms with Crippen molar-refractivity contribution in [3.05, 3.63) is 69.9 Å². The van der Waals surface area contributed by atoms with Crippen LogP contribution < -0.4 is 15.2 Å². The van der Waals surface area contributed by atoms with Crippen LogP contribution >= 0.6 is 20.6 Å². The highest BCUT2D eigenvalue weighted by atomic mass is 32.1. The van der Waals surface area contributed by atoms with E-state index in [0.29, 0.717) is 5.75 Å². The van der Waals surface area contributed by atoms with Gasteiger partial charge in [-0.15, -0.1) is 11.3 Å². The van der Waals surface area contributed by atoms with Gasteiger partial charge in [-0.25, -0.2) is 0 Å². The Morgan fingerprint density at radius 3 is 1.93 bits per heavy atom. The van der Waals surface area contributed by atoms with Gasteiger partial charge in [0.15, 0.2) is 0 Å². The van der Waals surface area contributed by atoms with E-state index < -0.39 is 30.5 Å².